The molecule has 11 heteroatoms. The van der Waals surface area contributed by atoms with Gasteiger partial charge in [-0.3, -0.25) is 19.7 Å². The Morgan fingerprint density at radius 1 is 1.19 bits per heavy atom. The van der Waals surface area contributed by atoms with Gasteiger partial charge >= 0.3 is 6.09 Å². The first-order chi connectivity index (χ1) is 15.2. The number of ether oxygens (including phenoxy) is 1. The highest BCUT2D eigenvalue weighted by Gasteiger charge is 2.26. The smallest absolute Gasteiger partial charge is 0.410 e. The number of amides is 2. The lowest BCUT2D eigenvalue weighted by Gasteiger charge is -2.23. The van der Waals surface area contributed by atoms with E-state index in [0.717, 1.165) is 11.1 Å². The van der Waals surface area contributed by atoms with E-state index < -0.39 is 12.0 Å². The van der Waals surface area contributed by atoms with Gasteiger partial charge in [-0.25, -0.2) is 15.6 Å². The molecule has 0 aromatic carbocycles. The predicted octanol–water partition coefficient (Wildman–Crippen LogP) is 1.79. The third kappa shape index (κ3) is 5.11. The van der Waals surface area contributed by atoms with Crippen LogP contribution in [0.25, 0.3) is 0 Å². The summed E-state index contributed by atoms with van der Waals surface area (Å²) >= 11 is 0. The van der Waals surface area contributed by atoms with Crippen LogP contribution < -0.4 is 17.0 Å². The van der Waals surface area contributed by atoms with Crippen LogP contribution in [-0.2, 0) is 17.8 Å². The molecule has 0 radical (unpaired) electrons. The molecule has 170 valence electrons. The molecule has 3 rings (SSSR count). The Morgan fingerprint density at radius 2 is 1.91 bits per heavy atom. The van der Waals surface area contributed by atoms with Gasteiger partial charge in [0.25, 0.3) is 5.91 Å². The van der Waals surface area contributed by atoms with Crippen molar-refractivity contribution < 1.29 is 14.3 Å². The average molecular weight is 441 g/mol. The predicted molar refractivity (Wildman–Crippen MR) is 119 cm³/mol. The Kier molecular flexibility index (Phi) is 6.89. The molecule has 1 aliphatic rings. The van der Waals surface area contributed by atoms with E-state index in [1.807, 2.05) is 13.8 Å². The molecule has 0 spiro atoms. The number of carbonyl (C=O) groups excluding carboxylic acids is 2. The molecule has 11 nitrogen and oxygen atoms in total. The van der Waals surface area contributed by atoms with E-state index in [4.69, 9.17) is 16.4 Å². The van der Waals surface area contributed by atoms with Crippen LogP contribution in [0.4, 0.5) is 10.6 Å². The number of carbonyl (C=O) groups is 2. The van der Waals surface area contributed by atoms with Crippen LogP contribution in [0.3, 0.4) is 0 Å². The molecule has 5 N–H and O–H groups in total. The van der Waals surface area contributed by atoms with E-state index in [9.17, 15) is 9.59 Å². The number of hydrogen-bond acceptors (Lipinski definition) is 8. The van der Waals surface area contributed by atoms with Crippen molar-refractivity contribution in [1.29, 1.82) is 0 Å². The molecule has 0 unspecified atom stereocenters. The highest BCUT2D eigenvalue weighted by atomic mass is 16.6. The number of fused-ring (bicyclic) bond motifs is 1. The molecular formula is C21H28N8O3. The number of nitrogens with one attached hydrogen (secondary N) is 1. The third-order valence-corrected chi connectivity index (χ3v) is 4.78. The summed E-state index contributed by atoms with van der Waals surface area (Å²) < 4.78 is 5.24. The van der Waals surface area contributed by atoms with Gasteiger partial charge in [0.05, 0.1) is 12.6 Å². The summed E-state index contributed by atoms with van der Waals surface area (Å²) in [5, 5.41) is 7.84. The molecule has 0 aliphatic carbocycles. The minimum atomic E-state index is -0.430. The van der Waals surface area contributed by atoms with E-state index in [1.54, 1.807) is 49.2 Å². The van der Waals surface area contributed by atoms with E-state index in [2.05, 4.69) is 20.4 Å². The van der Waals surface area contributed by atoms with Crippen LogP contribution in [0.2, 0.25) is 0 Å². The minimum absolute atomic E-state index is 0.0506. The second-order valence-electron chi connectivity index (χ2n) is 7.94. The summed E-state index contributed by atoms with van der Waals surface area (Å²) in [4.78, 5) is 35.1. The van der Waals surface area contributed by atoms with Crippen molar-refractivity contribution in [2.75, 3.05) is 5.32 Å². The molecule has 0 bridgehead atoms. The number of nitrogens with zero attached hydrogens (tertiary/aromatic N) is 5. The van der Waals surface area contributed by atoms with Crippen LogP contribution >= 0.6 is 0 Å². The van der Waals surface area contributed by atoms with Gasteiger partial charge in [0.2, 0.25) is 0 Å². The van der Waals surface area contributed by atoms with Crippen molar-refractivity contribution in [2.24, 2.45) is 16.8 Å². The van der Waals surface area contributed by atoms with E-state index in [0.29, 0.717) is 30.4 Å². The van der Waals surface area contributed by atoms with Gasteiger partial charge < -0.3 is 15.9 Å². The number of hydrazone groups is 1. The van der Waals surface area contributed by atoms with E-state index in [-0.39, 0.29) is 17.8 Å². The first-order valence-corrected chi connectivity index (χ1v) is 10.2. The fourth-order valence-electron chi connectivity index (χ4n) is 3.13. The Morgan fingerprint density at radius 3 is 2.56 bits per heavy atom. The molecule has 0 atom stereocenters. The average Bonchev–Trinajstić information content (AvgIpc) is 3.17. The summed E-state index contributed by atoms with van der Waals surface area (Å²) in [5.41, 5.74) is 2.36. The standard InChI is InChI=1S/C21H28N8O3/c1-12(2)29(23)19(27-22)16-6-5-7-18(25-16)26-20(30)17-8-14-10-28(11-15(14)9-24-17)21(31)32-13(3)4/h5-9,12-13H,10-11,22-23H2,1-4H3,(H,25,26,30)/b27-19-. The van der Waals surface area contributed by atoms with Gasteiger partial charge in [-0.2, -0.15) is 5.10 Å². The maximum absolute atomic E-state index is 12.8. The number of pyridine rings is 2. The number of aromatic nitrogens is 2. The SMILES string of the molecule is CC(C)OC(=O)N1Cc2cnc(C(=O)Nc3cccc(/C(=N/N)N(N)C(C)C)n3)cc2C1. The zero-order valence-corrected chi connectivity index (χ0v) is 18.6. The van der Waals surface area contributed by atoms with E-state index >= 15 is 0 Å². The van der Waals surface area contributed by atoms with Crippen molar-refractivity contribution in [3.63, 3.8) is 0 Å². The molecule has 2 amide bonds. The summed E-state index contributed by atoms with van der Waals surface area (Å²) in [6, 6.07) is 6.67. The maximum Gasteiger partial charge on any atom is 0.410 e. The quantitative estimate of drug-likeness (QED) is 0.275. The second kappa shape index (κ2) is 9.60. The van der Waals surface area contributed by atoms with Crippen LogP contribution in [0, 0.1) is 0 Å². The van der Waals surface area contributed by atoms with Gasteiger partial charge in [0.1, 0.15) is 17.2 Å². The van der Waals surface area contributed by atoms with Gasteiger partial charge in [0.15, 0.2) is 5.84 Å². The molecule has 0 saturated heterocycles. The number of amidine groups is 1. The number of anilines is 1. The zero-order valence-electron chi connectivity index (χ0n) is 18.6. The molecule has 32 heavy (non-hydrogen) atoms. The molecule has 0 fully saturated rings. The molecule has 1 aliphatic heterocycles. The Bertz CT molecular complexity index is 1040. The number of nitrogens with two attached hydrogens (primary N) is 2. The Labute approximate surface area is 186 Å². The lowest BCUT2D eigenvalue weighted by atomic mass is 10.1. The van der Waals surface area contributed by atoms with E-state index in [1.165, 1.54) is 5.01 Å². The summed E-state index contributed by atoms with van der Waals surface area (Å²) in [7, 11) is 0. The molecule has 0 saturated carbocycles. The van der Waals surface area contributed by atoms with Gasteiger partial charge in [-0.15, -0.1) is 0 Å². The maximum atomic E-state index is 12.8. The first-order valence-electron chi connectivity index (χ1n) is 10.2. The van der Waals surface area contributed by atoms with Gasteiger partial charge in [-0.05, 0) is 57.0 Å². The molecule has 3 heterocycles. The normalized spacial score (nSPS) is 13.3. The van der Waals surface area contributed by atoms with Gasteiger partial charge in [0, 0.05) is 18.8 Å². The van der Waals surface area contributed by atoms with Crippen LogP contribution in [-0.4, -0.2) is 49.9 Å². The summed E-state index contributed by atoms with van der Waals surface area (Å²) in [6.45, 7) is 8.12. The highest BCUT2D eigenvalue weighted by Crippen LogP contribution is 2.24. The molecule has 2 aromatic rings. The van der Waals surface area contributed by atoms with Crippen molar-refractivity contribution in [2.45, 2.75) is 52.9 Å². The number of hydrogen-bond donors (Lipinski definition) is 3. The Balaban J connectivity index is 1.73. The molecular weight excluding hydrogens is 412 g/mol. The number of hydrazine groups is 1. The number of rotatable bonds is 5. The first kappa shape index (κ1) is 22.9. The van der Waals surface area contributed by atoms with Crippen LogP contribution in [0.1, 0.15) is 55.0 Å². The van der Waals surface area contributed by atoms with Crippen LogP contribution in [0.15, 0.2) is 35.6 Å². The lowest BCUT2D eigenvalue weighted by molar-refractivity contribution is 0.0760. The lowest BCUT2D eigenvalue weighted by Crippen LogP contribution is -2.44. The van der Waals surface area contributed by atoms with Gasteiger partial charge in [-0.1, -0.05) is 6.07 Å². The monoisotopic (exact) mass is 440 g/mol. The fraction of sp³-hybridized carbons (Fsp3) is 0.381. The van der Waals surface area contributed by atoms with Crippen molar-refractivity contribution in [3.05, 3.63) is 53.0 Å². The second-order valence-corrected chi connectivity index (χ2v) is 7.94. The van der Waals surface area contributed by atoms with Crippen LogP contribution in [0.5, 0.6) is 0 Å². The topological polar surface area (TPSA) is 152 Å². The summed E-state index contributed by atoms with van der Waals surface area (Å²) in [5.74, 6) is 11.7. The summed E-state index contributed by atoms with van der Waals surface area (Å²) in [6.07, 6.45) is 1.01. The third-order valence-electron chi connectivity index (χ3n) is 4.78. The Hall–Kier alpha value is -3.73. The molecule has 2 aromatic heterocycles. The zero-order chi connectivity index (χ0) is 23.4. The highest BCUT2D eigenvalue weighted by molar-refractivity contribution is 6.03. The van der Waals surface area contributed by atoms with Crippen molar-refractivity contribution in [1.82, 2.24) is 19.9 Å². The van der Waals surface area contributed by atoms with Crippen molar-refractivity contribution >= 4 is 23.7 Å². The van der Waals surface area contributed by atoms with Crippen molar-refractivity contribution in [3.8, 4) is 0 Å². The minimum Gasteiger partial charge on any atom is -0.447 e. The largest absolute Gasteiger partial charge is 0.447 e. The fourth-order valence-corrected chi connectivity index (χ4v) is 3.13.